The van der Waals surface area contributed by atoms with Gasteiger partial charge in [-0.1, -0.05) is 29.3 Å². The summed E-state index contributed by atoms with van der Waals surface area (Å²) < 4.78 is 10.4. The van der Waals surface area contributed by atoms with E-state index >= 15 is 0 Å². The highest BCUT2D eigenvalue weighted by molar-refractivity contribution is 6.35. The molecule has 29 heavy (non-hydrogen) atoms. The number of rotatable bonds is 8. The summed E-state index contributed by atoms with van der Waals surface area (Å²) in [6.45, 7) is 4.89. The van der Waals surface area contributed by atoms with Gasteiger partial charge in [-0.2, -0.15) is 4.90 Å². The molecule has 0 fully saturated rings. The number of carbonyl (C=O) groups is 3. The second-order valence-electron chi connectivity index (χ2n) is 7.28. The summed E-state index contributed by atoms with van der Waals surface area (Å²) in [5.74, 6) is -1.35. The Morgan fingerprint density at radius 2 is 1.83 bits per heavy atom. The van der Waals surface area contributed by atoms with Crippen LogP contribution in [-0.4, -0.2) is 46.3 Å². The van der Waals surface area contributed by atoms with E-state index in [0.717, 1.165) is 0 Å². The van der Waals surface area contributed by atoms with Crippen molar-refractivity contribution in [2.45, 2.75) is 58.3 Å². The molecule has 10 heteroatoms. The Labute approximate surface area is 179 Å². The molecule has 1 aromatic carbocycles. The predicted octanol–water partition coefficient (Wildman–Crippen LogP) is 4.45. The first-order valence-corrected chi connectivity index (χ1v) is 9.77. The Morgan fingerprint density at radius 3 is 2.34 bits per heavy atom. The molecule has 2 amide bonds. The van der Waals surface area contributed by atoms with Crippen molar-refractivity contribution in [1.29, 1.82) is 0 Å². The summed E-state index contributed by atoms with van der Waals surface area (Å²) in [5, 5.41) is 10.3. The molecule has 0 bridgehead atoms. The van der Waals surface area contributed by atoms with E-state index in [-0.39, 0.29) is 18.1 Å². The highest BCUT2D eigenvalue weighted by Crippen LogP contribution is 2.23. The van der Waals surface area contributed by atoms with E-state index in [9.17, 15) is 19.5 Å². The Hall–Kier alpha value is -2.03. The van der Waals surface area contributed by atoms with Gasteiger partial charge in [0.25, 0.3) is 0 Å². The number of carbonyl (C=O) groups excluding carboxylic acids is 2. The van der Waals surface area contributed by atoms with Crippen LogP contribution in [0.5, 0.6) is 0 Å². The lowest BCUT2D eigenvalue weighted by Gasteiger charge is -2.29. The van der Waals surface area contributed by atoms with E-state index in [1.165, 1.54) is 6.07 Å². The fourth-order valence-corrected chi connectivity index (χ4v) is 2.80. The van der Waals surface area contributed by atoms with Gasteiger partial charge in [0.1, 0.15) is 18.2 Å². The molecule has 1 atom stereocenters. The molecule has 0 spiro atoms. The highest BCUT2D eigenvalue weighted by atomic mass is 35.5. The first-order valence-electron chi connectivity index (χ1n) is 9.02. The molecule has 1 rings (SSSR count). The zero-order valence-electron chi connectivity index (χ0n) is 16.6. The predicted molar refractivity (Wildman–Crippen MR) is 109 cm³/mol. The number of imide groups is 1. The smallest absolute Gasteiger partial charge is 0.420 e. The number of aliphatic carboxylic acids is 1. The van der Waals surface area contributed by atoms with E-state index in [0.29, 0.717) is 34.9 Å². The van der Waals surface area contributed by atoms with Gasteiger partial charge in [-0.15, -0.1) is 0 Å². The lowest BCUT2D eigenvalue weighted by atomic mass is 10.1. The van der Waals surface area contributed by atoms with Crippen LogP contribution in [0.25, 0.3) is 0 Å². The maximum absolute atomic E-state index is 12.6. The lowest BCUT2D eigenvalue weighted by molar-refractivity contribution is -0.143. The molecule has 0 aliphatic rings. The number of hydrogen-bond donors (Lipinski definition) is 2. The number of halogens is 2. The summed E-state index contributed by atoms with van der Waals surface area (Å²) in [4.78, 5) is 37.5. The minimum absolute atomic E-state index is 0.0164. The van der Waals surface area contributed by atoms with Crippen LogP contribution in [0.2, 0.25) is 10.0 Å². The lowest BCUT2D eigenvalue weighted by Crippen LogP contribution is -2.50. The number of ether oxygens (including phenoxy) is 2. The molecule has 0 aliphatic carbocycles. The van der Waals surface area contributed by atoms with Crippen molar-refractivity contribution >= 4 is 41.4 Å². The summed E-state index contributed by atoms with van der Waals surface area (Å²) in [6, 6.07) is 3.15. The molecule has 8 nitrogen and oxygen atoms in total. The molecule has 0 heterocycles. The zero-order chi connectivity index (χ0) is 22.2. The van der Waals surface area contributed by atoms with Crippen molar-refractivity contribution in [3.05, 3.63) is 33.8 Å². The molecule has 0 radical (unpaired) electrons. The number of carboxylic acid groups (broad SMARTS) is 1. The number of hydrogen-bond acceptors (Lipinski definition) is 6. The van der Waals surface area contributed by atoms with Gasteiger partial charge in [0, 0.05) is 15.6 Å². The maximum atomic E-state index is 12.6. The van der Waals surface area contributed by atoms with Crippen molar-refractivity contribution in [3.8, 4) is 0 Å². The fraction of sp³-hybridized carbons (Fsp3) is 0.526. The van der Waals surface area contributed by atoms with Gasteiger partial charge < -0.3 is 20.3 Å². The van der Waals surface area contributed by atoms with Crippen LogP contribution in [-0.2, 0) is 20.9 Å². The van der Waals surface area contributed by atoms with Gasteiger partial charge in [-0.05, 0) is 58.7 Å². The first kappa shape index (κ1) is 25.0. The molecule has 0 aliphatic heterocycles. The van der Waals surface area contributed by atoms with Gasteiger partial charge in [0.15, 0.2) is 0 Å². The number of nitrogens with zero attached hydrogens (tertiary/aromatic N) is 1. The number of benzene rings is 1. The van der Waals surface area contributed by atoms with Gasteiger partial charge >= 0.3 is 18.2 Å². The van der Waals surface area contributed by atoms with Crippen LogP contribution in [0, 0.1) is 0 Å². The summed E-state index contributed by atoms with van der Waals surface area (Å²) in [6.07, 6.45) is -1.29. The Morgan fingerprint density at radius 1 is 1.17 bits per heavy atom. The van der Waals surface area contributed by atoms with Crippen molar-refractivity contribution in [2.75, 3.05) is 6.54 Å². The first-order chi connectivity index (χ1) is 13.5. The third-order valence-electron chi connectivity index (χ3n) is 3.68. The number of unbranched alkanes of at least 4 members (excludes halogenated alkanes) is 1. The van der Waals surface area contributed by atoms with E-state index in [4.69, 9.17) is 38.4 Å². The largest absolute Gasteiger partial charge is 0.480 e. The van der Waals surface area contributed by atoms with Crippen LogP contribution in [0.1, 0.15) is 45.6 Å². The molecular formula is C19H26Cl2N2O6. The third kappa shape index (κ3) is 8.47. The second kappa shape index (κ2) is 11.2. The maximum Gasteiger partial charge on any atom is 0.420 e. The van der Waals surface area contributed by atoms with Crippen molar-refractivity contribution in [3.63, 3.8) is 0 Å². The van der Waals surface area contributed by atoms with Crippen LogP contribution in [0.4, 0.5) is 9.59 Å². The molecule has 3 N–H and O–H groups in total. The average Bonchev–Trinajstić information content (AvgIpc) is 2.58. The molecule has 0 saturated heterocycles. The molecule has 1 aromatic rings. The van der Waals surface area contributed by atoms with E-state index < -0.39 is 29.8 Å². The van der Waals surface area contributed by atoms with Gasteiger partial charge in [-0.3, -0.25) is 0 Å². The third-order valence-corrected chi connectivity index (χ3v) is 4.27. The van der Waals surface area contributed by atoms with E-state index in [2.05, 4.69) is 0 Å². The van der Waals surface area contributed by atoms with Gasteiger partial charge in [0.05, 0.1) is 0 Å². The van der Waals surface area contributed by atoms with Crippen LogP contribution >= 0.6 is 23.2 Å². The van der Waals surface area contributed by atoms with Crippen LogP contribution in [0.15, 0.2) is 18.2 Å². The summed E-state index contributed by atoms with van der Waals surface area (Å²) in [7, 11) is 0. The van der Waals surface area contributed by atoms with Crippen LogP contribution in [0.3, 0.4) is 0 Å². The topological polar surface area (TPSA) is 119 Å². The normalized spacial score (nSPS) is 12.2. The van der Waals surface area contributed by atoms with Gasteiger partial charge in [0.2, 0.25) is 0 Å². The number of amides is 2. The minimum Gasteiger partial charge on any atom is -0.480 e. The average molecular weight is 449 g/mol. The Bertz CT molecular complexity index is 736. The minimum atomic E-state index is -1.45. The highest BCUT2D eigenvalue weighted by Gasteiger charge is 2.38. The monoisotopic (exact) mass is 448 g/mol. The zero-order valence-corrected chi connectivity index (χ0v) is 18.1. The summed E-state index contributed by atoms with van der Waals surface area (Å²) in [5.41, 5.74) is 4.95. The van der Waals surface area contributed by atoms with Crippen molar-refractivity contribution in [1.82, 2.24) is 4.90 Å². The molecular weight excluding hydrogens is 423 g/mol. The quantitative estimate of drug-likeness (QED) is 0.563. The van der Waals surface area contributed by atoms with Crippen molar-refractivity contribution < 1.29 is 29.0 Å². The van der Waals surface area contributed by atoms with Crippen LogP contribution < -0.4 is 5.73 Å². The summed E-state index contributed by atoms with van der Waals surface area (Å²) >= 11 is 11.9. The van der Waals surface area contributed by atoms with Gasteiger partial charge in [-0.25, -0.2) is 14.4 Å². The SMILES string of the molecule is CC(C)(C)OC(=O)N(C(=O)OCc1ccc(Cl)cc1Cl)C(CCCCN)C(=O)O. The standard InChI is InChI=1S/C19H26Cl2N2O6/c1-19(2,3)29-18(27)23(15(16(24)25)6-4-5-9-22)17(26)28-11-12-7-8-13(20)10-14(12)21/h7-8,10,15H,4-6,9,11,22H2,1-3H3,(H,24,25). The molecule has 1 unspecified atom stereocenters. The molecule has 0 aromatic heterocycles. The molecule has 162 valence electrons. The molecule has 0 saturated carbocycles. The van der Waals surface area contributed by atoms with E-state index in [1.807, 2.05) is 0 Å². The number of nitrogens with two attached hydrogens (primary N) is 1. The number of carboxylic acids is 1. The fourth-order valence-electron chi connectivity index (χ4n) is 2.33. The van der Waals surface area contributed by atoms with Crippen molar-refractivity contribution in [2.24, 2.45) is 5.73 Å². The Balaban J connectivity index is 3.04. The second-order valence-corrected chi connectivity index (χ2v) is 8.12. The Kier molecular flexibility index (Phi) is 9.68. The van der Waals surface area contributed by atoms with E-state index in [1.54, 1.807) is 32.9 Å².